The fraction of sp³-hybridized carbons (Fsp3) is 0.348. The lowest BCUT2D eigenvalue weighted by Gasteiger charge is -2.26. The Hall–Kier alpha value is -2.70. The van der Waals surface area contributed by atoms with E-state index in [2.05, 4.69) is 23.7 Å². The maximum atomic E-state index is 12.9. The molecule has 2 heterocycles. The molecular weight excluding hydrogens is 402 g/mol. The Kier molecular flexibility index (Phi) is 7.24. The van der Waals surface area contributed by atoms with Gasteiger partial charge in [-0.3, -0.25) is 14.6 Å². The van der Waals surface area contributed by atoms with Crippen molar-refractivity contribution in [3.05, 3.63) is 70.5 Å². The number of aliphatic hydroxyl groups is 1. The third kappa shape index (κ3) is 4.55. The van der Waals surface area contributed by atoms with E-state index in [4.69, 9.17) is 11.6 Å². The molecule has 1 amide bonds. The van der Waals surface area contributed by atoms with Crippen LogP contribution in [0.15, 0.2) is 54.2 Å². The van der Waals surface area contributed by atoms with E-state index in [9.17, 15) is 14.7 Å². The molecule has 7 heteroatoms. The minimum Gasteiger partial charge on any atom is -0.507 e. The first-order chi connectivity index (χ1) is 14.5. The molecule has 0 unspecified atom stereocenters. The summed E-state index contributed by atoms with van der Waals surface area (Å²) in [7, 11) is 0. The number of benzene rings is 1. The summed E-state index contributed by atoms with van der Waals surface area (Å²) in [6, 6.07) is 11.1. The second-order valence-corrected chi connectivity index (χ2v) is 7.57. The van der Waals surface area contributed by atoms with E-state index in [-0.39, 0.29) is 11.3 Å². The zero-order valence-corrected chi connectivity index (χ0v) is 18.0. The van der Waals surface area contributed by atoms with Gasteiger partial charge >= 0.3 is 0 Å². The Balaban J connectivity index is 1.99. The molecule has 3 rings (SSSR count). The summed E-state index contributed by atoms with van der Waals surface area (Å²) in [6.07, 6.45) is 2.34. The van der Waals surface area contributed by atoms with Crippen LogP contribution in [0.4, 0.5) is 0 Å². The summed E-state index contributed by atoms with van der Waals surface area (Å²) in [5.41, 5.74) is 1.04. The van der Waals surface area contributed by atoms with E-state index in [1.165, 1.54) is 4.90 Å². The first kappa shape index (κ1) is 22.0. The van der Waals surface area contributed by atoms with Crippen molar-refractivity contribution in [2.75, 3.05) is 26.2 Å². The van der Waals surface area contributed by atoms with E-state index in [1.807, 2.05) is 0 Å². The summed E-state index contributed by atoms with van der Waals surface area (Å²) >= 11 is 5.94. The molecule has 1 aromatic carbocycles. The van der Waals surface area contributed by atoms with Crippen molar-refractivity contribution in [1.29, 1.82) is 0 Å². The van der Waals surface area contributed by atoms with E-state index < -0.39 is 17.7 Å². The van der Waals surface area contributed by atoms with Crippen molar-refractivity contribution in [1.82, 2.24) is 14.8 Å². The zero-order valence-electron chi connectivity index (χ0n) is 17.2. The predicted octanol–water partition coefficient (Wildman–Crippen LogP) is 3.89. The normalized spacial score (nSPS) is 18.4. The highest BCUT2D eigenvalue weighted by molar-refractivity contribution is 6.46. The van der Waals surface area contributed by atoms with E-state index in [0.717, 1.165) is 26.1 Å². The number of amides is 1. The van der Waals surface area contributed by atoms with Crippen molar-refractivity contribution >= 4 is 29.1 Å². The number of rotatable bonds is 8. The Labute approximate surface area is 181 Å². The fourth-order valence-corrected chi connectivity index (χ4v) is 3.85. The molecule has 0 aliphatic carbocycles. The average Bonchev–Trinajstić information content (AvgIpc) is 3.02. The van der Waals surface area contributed by atoms with Gasteiger partial charge in [0.05, 0.1) is 11.3 Å². The van der Waals surface area contributed by atoms with Gasteiger partial charge in [0.1, 0.15) is 11.8 Å². The Morgan fingerprint density at radius 1 is 1.13 bits per heavy atom. The van der Waals surface area contributed by atoms with Crippen LogP contribution in [0.3, 0.4) is 0 Å². The van der Waals surface area contributed by atoms with Gasteiger partial charge in [0.25, 0.3) is 11.7 Å². The molecule has 1 atom stereocenters. The van der Waals surface area contributed by atoms with Crippen LogP contribution in [0.2, 0.25) is 5.02 Å². The van der Waals surface area contributed by atoms with Crippen LogP contribution in [0.5, 0.6) is 0 Å². The summed E-state index contributed by atoms with van der Waals surface area (Å²) in [5.74, 6) is -1.52. The van der Waals surface area contributed by atoms with Crippen molar-refractivity contribution < 1.29 is 14.7 Å². The molecule has 0 bridgehead atoms. The molecule has 0 saturated carbocycles. The van der Waals surface area contributed by atoms with Crippen LogP contribution in [-0.2, 0) is 9.59 Å². The van der Waals surface area contributed by atoms with Crippen LogP contribution in [0, 0.1) is 0 Å². The number of ketones is 1. The fourth-order valence-electron chi connectivity index (χ4n) is 3.72. The Bertz CT molecular complexity index is 924. The Morgan fingerprint density at radius 3 is 2.43 bits per heavy atom. The van der Waals surface area contributed by atoms with Crippen LogP contribution in [0.25, 0.3) is 5.76 Å². The van der Waals surface area contributed by atoms with Gasteiger partial charge in [0.2, 0.25) is 0 Å². The SMILES string of the molecule is CCN(CC)CCCN1C(=O)C(=O)C(=C(O)c2ccc(Cl)cc2)[C@H]1c1ccccn1. The van der Waals surface area contributed by atoms with Crippen molar-refractivity contribution in [3.8, 4) is 0 Å². The molecule has 158 valence electrons. The van der Waals surface area contributed by atoms with Crippen LogP contribution < -0.4 is 0 Å². The molecule has 30 heavy (non-hydrogen) atoms. The average molecular weight is 428 g/mol. The highest BCUT2D eigenvalue weighted by atomic mass is 35.5. The first-order valence-corrected chi connectivity index (χ1v) is 10.5. The number of hydrogen-bond donors (Lipinski definition) is 1. The van der Waals surface area contributed by atoms with Crippen molar-refractivity contribution in [3.63, 3.8) is 0 Å². The highest BCUT2D eigenvalue weighted by Crippen LogP contribution is 2.38. The van der Waals surface area contributed by atoms with Gasteiger partial charge in [-0.15, -0.1) is 0 Å². The van der Waals surface area contributed by atoms with Gasteiger partial charge in [-0.25, -0.2) is 0 Å². The Morgan fingerprint density at radius 2 is 1.83 bits per heavy atom. The molecule has 0 spiro atoms. The van der Waals surface area contributed by atoms with E-state index in [1.54, 1.807) is 48.7 Å². The predicted molar refractivity (Wildman–Crippen MR) is 117 cm³/mol. The maximum Gasteiger partial charge on any atom is 0.295 e. The van der Waals surface area contributed by atoms with E-state index in [0.29, 0.717) is 22.8 Å². The molecule has 1 fully saturated rings. The summed E-state index contributed by atoms with van der Waals surface area (Å²) in [5, 5.41) is 11.5. The smallest absolute Gasteiger partial charge is 0.295 e. The standard InChI is InChI=1S/C23H26ClN3O3/c1-3-26(4-2)14-7-15-27-20(18-8-5-6-13-25-18)19(22(29)23(27)30)21(28)16-9-11-17(24)12-10-16/h5-6,8-13,20,28H,3-4,7,14-15H2,1-2H3/t20-/m1/s1. The molecule has 2 aromatic rings. The number of aromatic nitrogens is 1. The molecule has 1 aliphatic rings. The first-order valence-electron chi connectivity index (χ1n) is 10.2. The quantitative estimate of drug-likeness (QED) is 0.393. The molecule has 1 N–H and O–H groups in total. The number of carbonyl (C=O) groups is 2. The number of halogens is 1. The number of Topliss-reactive ketones (excluding diaryl/α,β-unsaturated/α-hetero) is 1. The van der Waals surface area contributed by atoms with Crippen molar-refractivity contribution in [2.45, 2.75) is 26.3 Å². The number of pyridine rings is 1. The van der Waals surface area contributed by atoms with Gasteiger partial charge in [-0.05, 0) is 62.5 Å². The largest absolute Gasteiger partial charge is 0.507 e. The lowest BCUT2D eigenvalue weighted by Crippen LogP contribution is -2.33. The summed E-state index contributed by atoms with van der Waals surface area (Å²) < 4.78 is 0. The second kappa shape index (κ2) is 9.87. The molecular formula is C23H26ClN3O3. The van der Waals surface area contributed by atoms with E-state index >= 15 is 0 Å². The topological polar surface area (TPSA) is 73.7 Å². The van der Waals surface area contributed by atoms with Crippen molar-refractivity contribution in [2.24, 2.45) is 0 Å². The third-order valence-corrected chi connectivity index (χ3v) is 5.65. The molecule has 1 aromatic heterocycles. The minimum absolute atomic E-state index is 0.0591. The summed E-state index contributed by atoms with van der Waals surface area (Å²) in [4.78, 5) is 34.0. The van der Waals surface area contributed by atoms with Crippen LogP contribution in [-0.4, -0.2) is 57.8 Å². The lowest BCUT2D eigenvalue weighted by molar-refractivity contribution is -0.140. The number of aliphatic hydroxyl groups excluding tert-OH is 1. The summed E-state index contributed by atoms with van der Waals surface area (Å²) in [6.45, 7) is 7.26. The lowest BCUT2D eigenvalue weighted by atomic mass is 9.98. The van der Waals surface area contributed by atoms with Crippen LogP contribution >= 0.6 is 11.6 Å². The van der Waals surface area contributed by atoms with Crippen LogP contribution in [0.1, 0.15) is 37.6 Å². The number of likely N-dealkylation sites (tertiary alicyclic amines) is 1. The minimum atomic E-state index is -0.724. The second-order valence-electron chi connectivity index (χ2n) is 7.13. The maximum absolute atomic E-state index is 12.9. The van der Waals surface area contributed by atoms with Gasteiger partial charge in [-0.1, -0.05) is 31.5 Å². The van der Waals surface area contributed by atoms with Gasteiger partial charge in [0.15, 0.2) is 0 Å². The zero-order chi connectivity index (χ0) is 21.7. The molecule has 6 nitrogen and oxygen atoms in total. The third-order valence-electron chi connectivity index (χ3n) is 5.39. The van der Waals surface area contributed by atoms with Gasteiger partial charge < -0.3 is 14.9 Å². The number of nitrogens with zero attached hydrogens (tertiary/aromatic N) is 3. The monoisotopic (exact) mass is 427 g/mol. The van der Waals surface area contributed by atoms with Gasteiger partial charge in [0, 0.05) is 23.3 Å². The highest BCUT2D eigenvalue weighted by Gasteiger charge is 2.46. The molecule has 1 saturated heterocycles. The molecule has 0 radical (unpaired) electrons. The molecule has 1 aliphatic heterocycles. The van der Waals surface area contributed by atoms with Gasteiger partial charge in [-0.2, -0.15) is 0 Å². The number of carbonyl (C=O) groups excluding carboxylic acids is 2. The number of hydrogen-bond acceptors (Lipinski definition) is 5.